The molecule has 12 heteroatoms. The number of hydrogen-bond donors (Lipinski definition) is 2. The van der Waals surface area contributed by atoms with Crippen LogP contribution < -0.4 is 5.32 Å². The summed E-state index contributed by atoms with van der Waals surface area (Å²) in [5.74, 6) is -0.791. The number of fused-ring (bicyclic) bond motifs is 1. The smallest absolute Gasteiger partial charge is 0.393 e. The molecule has 0 bridgehead atoms. The molecule has 1 amide bonds. The van der Waals surface area contributed by atoms with Gasteiger partial charge < -0.3 is 10.4 Å². The van der Waals surface area contributed by atoms with Crippen molar-refractivity contribution in [2.75, 3.05) is 5.32 Å². The summed E-state index contributed by atoms with van der Waals surface area (Å²) in [7, 11) is 0. The van der Waals surface area contributed by atoms with Crippen LogP contribution in [0, 0.1) is 0 Å². The molecule has 0 saturated carbocycles. The van der Waals surface area contributed by atoms with E-state index in [9.17, 15) is 23.1 Å². The third kappa shape index (κ3) is 5.45. The van der Waals surface area contributed by atoms with E-state index in [-0.39, 0.29) is 22.8 Å². The van der Waals surface area contributed by atoms with E-state index < -0.39 is 28.8 Å². The average Bonchev–Trinajstić information content (AvgIpc) is 3.26. The number of aliphatic hydroxyl groups excluding tert-OH is 1. The van der Waals surface area contributed by atoms with Gasteiger partial charge in [-0.05, 0) is 55.3 Å². The van der Waals surface area contributed by atoms with Crippen molar-refractivity contribution in [2.45, 2.75) is 25.6 Å². The Balaban J connectivity index is 1.62. The van der Waals surface area contributed by atoms with Crippen LogP contribution in [0.4, 0.5) is 19.0 Å². The van der Waals surface area contributed by atoms with Gasteiger partial charge in [0, 0.05) is 24.2 Å². The fourth-order valence-corrected chi connectivity index (χ4v) is 4.36. The van der Waals surface area contributed by atoms with Crippen LogP contribution in [0.1, 0.15) is 28.4 Å². The van der Waals surface area contributed by atoms with E-state index in [1.807, 2.05) is 6.07 Å². The molecule has 1 unspecified atom stereocenters. The maximum atomic E-state index is 13.8. The van der Waals surface area contributed by atoms with Gasteiger partial charge in [-0.2, -0.15) is 18.3 Å². The van der Waals surface area contributed by atoms with Crippen LogP contribution in [-0.4, -0.2) is 41.9 Å². The van der Waals surface area contributed by atoms with E-state index in [4.69, 9.17) is 11.6 Å². The van der Waals surface area contributed by atoms with Crippen molar-refractivity contribution in [3.63, 3.8) is 0 Å². The number of carbonyl (C=O) groups excluding carboxylic acids is 1. The lowest BCUT2D eigenvalue weighted by molar-refractivity contribution is -0.137. The molecule has 0 fully saturated rings. The molecule has 0 radical (unpaired) electrons. The molecular weight excluding hydrogens is 533 g/mol. The third-order valence-corrected chi connectivity index (χ3v) is 6.11. The van der Waals surface area contributed by atoms with Gasteiger partial charge in [-0.1, -0.05) is 29.8 Å². The predicted octanol–water partition coefficient (Wildman–Crippen LogP) is 5.73. The number of nitrogens with one attached hydrogen (secondary N) is 1. The molecule has 2 aromatic carbocycles. The van der Waals surface area contributed by atoms with Crippen molar-refractivity contribution >= 4 is 34.4 Å². The number of aromatic nitrogens is 5. The predicted molar refractivity (Wildman–Crippen MR) is 140 cm³/mol. The lowest BCUT2D eigenvalue weighted by atomic mass is 10.0. The van der Waals surface area contributed by atoms with Gasteiger partial charge in [0.1, 0.15) is 11.0 Å². The van der Waals surface area contributed by atoms with Gasteiger partial charge in [-0.15, -0.1) is 0 Å². The van der Waals surface area contributed by atoms with E-state index in [0.717, 1.165) is 11.6 Å². The van der Waals surface area contributed by atoms with Gasteiger partial charge in [0.05, 0.1) is 27.9 Å². The summed E-state index contributed by atoms with van der Waals surface area (Å²) in [5, 5.41) is 16.7. The Kier molecular flexibility index (Phi) is 7.02. The first kappa shape index (κ1) is 26.3. The molecule has 5 aromatic rings. The van der Waals surface area contributed by atoms with Gasteiger partial charge in [0.15, 0.2) is 11.6 Å². The maximum absolute atomic E-state index is 13.8. The first-order chi connectivity index (χ1) is 18.6. The number of carbonyl (C=O) groups is 1. The molecule has 2 N–H and O–H groups in total. The second-order valence-electron chi connectivity index (χ2n) is 8.76. The number of para-hydroxylation sites is 1. The Labute approximate surface area is 225 Å². The number of rotatable bonds is 6. The Morgan fingerprint density at radius 1 is 1.08 bits per heavy atom. The molecule has 0 aliphatic carbocycles. The van der Waals surface area contributed by atoms with Crippen molar-refractivity contribution in [3.05, 3.63) is 94.9 Å². The third-order valence-electron chi connectivity index (χ3n) is 5.80. The van der Waals surface area contributed by atoms with Crippen LogP contribution in [-0.2, 0) is 12.6 Å². The molecule has 3 aromatic heterocycles. The number of anilines is 1. The minimum atomic E-state index is -4.76. The number of hydrogen-bond acceptors (Lipinski definition) is 6. The summed E-state index contributed by atoms with van der Waals surface area (Å²) in [6.45, 7) is 1.65. The highest BCUT2D eigenvalue weighted by Crippen LogP contribution is 2.39. The summed E-state index contributed by atoms with van der Waals surface area (Å²) in [4.78, 5) is 25.8. The summed E-state index contributed by atoms with van der Waals surface area (Å²) >= 11 is 6.21. The van der Waals surface area contributed by atoms with E-state index in [2.05, 4.69) is 25.4 Å². The normalized spacial score (nSPS) is 12.5. The van der Waals surface area contributed by atoms with E-state index in [1.165, 1.54) is 23.1 Å². The van der Waals surface area contributed by atoms with Gasteiger partial charge in [-0.25, -0.2) is 14.6 Å². The number of nitrogens with zero attached hydrogens (tertiary/aromatic N) is 5. The number of amides is 1. The largest absolute Gasteiger partial charge is 0.417 e. The molecule has 3 heterocycles. The van der Waals surface area contributed by atoms with Crippen molar-refractivity contribution in [1.29, 1.82) is 0 Å². The molecule has 8 nitrogen and oxygen atoms in total. The zero-order valence-electron chi connectivity index (χ0n) is 20.3. The van der Waals surface area contributed by atoms with E-state index in [1.54, 1.807) is 43.5 Å². The molecule has 0 saturated heterocycles. The molecule has 0 spiro atoms. The Morgan fingerprint density at radius 2 is 1.79 bits per heavy atom. The van der Waals surface area contributed by atoms with E-state index >= 15 is 0 Å². The van der Waals surface area contributed by atoms with Gasteiger partial charge in [0.2, 0.25) is 0 Å². The van der Waals surface area contributed by atoms with Crippen molar-refractivity contribution in [1.82, 2.24) is 24.7 Å². The highest BCUT2D eigenvalue weighted by atomic mass is 35.5. The Hall–Kier alpha value is -4.35. The van der Waals surface area contributed by atoms with Crippen molar-refractivity contribution in [2.24, 2.45) is 0 Å². The number of alkyl halides is 3. The Bertz CT molecular complexity index is 1660. The molecule has 5 rings (SSSR count). The van der Waals surface area contributed by atoms with Crippen LogP contribution in [0.15, 0.2) is 73.2 Å². The zero-order valence-corrected chi connectivity index (χ0v) is 21.1. The summed E-state index contributed by atoms with van der Waals surface area (Å²) in [5.41, 5.74) is 0.473. The highest BCUT2D eigenvalue weighted by Gasteiger charge is 2.36. The van der Waals surface area contributed by atoms with Gasteiger partial charge >= 0.3 is 6.18 Å². The highest BCUT2D eigenvalue weighted by molar-refractivity contribution is 6.34. The zero-order chi connectivity index (χ0) is 27.7. The average molecular weight is 553 g/mol. The summed E-state index contributed by atoms with van der Waals surface area (Å²) in [6.07, 6.45) is -0.823. The number of pyridine rings is 1. The molecular formula is C27H20ClF3N6O2. The Morgan fingerprint density at radius 3 is 2.46 bits per heavy atom. The molecule has 0 aliphatic rings. The fourth-order valence-electron chi connectivity index (χ4n) is 4.11. The first-order valence-corrected chi connectivity index (χ1v) is 12.1. The molecule has 39 heavy (non-hydrogen) atoms. The van der Waals surface area contributed by atoms with Gasteiger partial charge in [-0.3, -0.25) is 9.78 Å². The second kappa shape index (κ2) is 10.4. The van der Waals surface area contributed by atoms with Crippen LogP contribution in [0.2, 0.25) is 5.02 Å². The molecule has 1 atom stereocenters. The van der Waals surface area contributed by atoms with Crippen LogP contribution in [0.25, 0.3) is 28.1 Å². The lowest BCUT2D eigenvalue weighted by Gasteiger charge is -2.15. The first-order valence-electron chi connectivity index (χ1n) is 11.7. The van der Waals surface area contributed by atoms with Crippen LogP contribution >= 0.6 is 11.6 Å². The maximum Gasteiger partial charge on any atom is 0.417 e. The summed E-state index contributed by atoms with van der Waals surface area (Å²) < 4.78 is 43.0. The van der Waals surface area contributed by atoms with Gasteiger partial charge in [0.25, 0.3) is 5.91 Å². The quantitative estimate of drug-likeness (QED) is 0.279. The fraction of sp³-hybridized carbons (Fsp3) is 0.148. The number of benzene rings is 2. The monoisotopic (exact) mass is 552 g/mol. The number of aliphatic hydroxyl groups is 1. The summed E-state index contributed by atoms with van der Waals surface area (Å²) in [6, 6.07) is 13.9. The molecule has 0 aliphatic heterocycles. The topological polar surface area (TPSA) is 106 Å². The second-order valence-corrected chi connectivity index (χ2v) is 9.17. The standard InChI is InChI=1S/C27H20ClF3N6O2/c1-15(38)10-16-11-22-23(34-14-16)25(37(36-22)17-6-3-2-4-7-17)35-26(39)19-12-18(24-32-8-5-9-33-24)20(13-21(19)28)27(29,30)31/h2-9,11-15,38H,10H2,1H3,(H,35,39). The molecule has 198 valence electrons. The SMILES string of the molecule is CC(O)Cc1cnc2c(NC(=O)c3cc(-c4ncccn4)c(C(F)(F)F)cc3Cl)n(-c3ccccc3)nc2c1. The van der Waals surface area contributed by atoms with Crippen molar-refractivity contribution < 1.29 is 23.1 Å². The van der Waals surface area contributed by atoms with Crippen LogP contribution in [0.5, 0.6) is 0 Å². The van der Waals surface area contributed by atoms with Crippen LogP contribution in [0.3, 0.4) is 0 Å². The number of halogens is 4. The minimum absolute atomic E-state index is 0.193. The minimum Gasteiger partial charge on any atom is -0.393 e. The lowest BCUT2D eigenvalue weighted by Crippen LogP contribution is -2.17. The van der Waals surface area contributed by atoms with E-state index in [0.29, 0.717) is 29.2 Å². The van der Waals surface area contributed by atoms with Crippen molar-refractivity contribution in [3.8, 4) is 17.1 Å².